The Kier molecular flexibility index (Phi) is 6.76. The second-order valence-electron chi connectivity index (χ2n) is 7.23. The maximum atomic E-state index is 12.9. The van der Waals surface area contributed by atoms with Gasteiger partial charge < -0.3 is 19.5 Å². The highest BCUT2D eigenvalue weighted by Crippen LogP contribution is 2.37. The van der Waals surface area contributed by atoms with Gasteiger partial charge in [0.05, 0.1) is 26.3 Å². The molecule has 2 aromatic carbocycles. The summed E-state index contributed by atoms with van der Waals surface area (Å²) in [5.41, 5.74) is 1.07. The molecule has 0 aromatic heterocycles. The van der Waals surface area contributed by atoms with Crippen molar-refractivity contribution < 1.29 is 23.9 Å². The third kappa shape index (κ3) is 4.48. The number of nitrogens with zero attached hydrogens (tertiary/aromatic N) is 1. The third-order valence-corrected chi connectivity index (χ3v) is 5.56. The largest absolute Gasteiger partial charge is 0.493 e. The Labute approximate surface area is 175 Å². The molecule has 8 nitrogen and oxygen atoms in total. The number of amides is 1. The van der Waals surface area contributed by atoms with Gasteiger partial charge in [-0.3, -0.25) is 14.9 Å². The van der Waals surface area contributed by atoms with Gasteiger partial charge >= 0.3 is 5.69 Å². The molecule has 0 unspecified atom stereocenters. The van der Waals surface area contributed by atoms with E-state index in [2.05, 4.69) is 5.32 Å². The fourth-order valence-corrected chi connectivity index (χ4v) is 4.01. The molecule has 1 amide bonds. The average Bonchev–Trinajstić information content (AvgIpc) is 2.78. The Bertz CT molecular complexity index is 930. The fraction of sp³-hybridized carbons (Fsp3) is 0.409. The van der Waals surface area contributed by atoms with E-state index in [4.69, 9.17) is 14.2 Å². The predicted molar refractivity (Wildman–Crippen MR) is 112 cm³/mol. The van der Waals surface area contributed by atoms with Gasteiger partial charge in [-0.25, -0.2) is 0 Å². The summed E-state index contributed by atoms with van der Waals surface area (Å²) in [6, 6.07) is 9.97. The minimum absolute atomic E-state index is 0.0782. The number of nitro groups is 1. The summed E-state index contributed by atoms with van der Waals surface area (Å²) in [7, 11) is 4.55. The Morgan fingerprint density at radius 2 is 1.63 bits per heavy atom. The van der Waals surface area contributed by atoms with Gasteiger partial charge in [-0.05, 0) is 42.7 Å². The van der Waals surface area contributed by atoms with E-state index in [0.717, 1.165) is 31.2 Å². The molecule has 0 bridgehead atoms. The van der Waals surface area contributed by atoms with Crippen LogP contribution in [0.25, 0.3) is 0 Å². The van der Waals surface area contributed by atoms with Crippen molar-refractivity contribution in [3.05, 3.63) is 57.6 Å². The lowest BCUT2D eigenvalue weighted by Gasteiger charge is -2.33. The van der Waals surface area contributed by atoms with Gasteiger partial charge in [0.1, 0.15) is 0 Å². The number of carbonyl (C=O) groups is 1. The van der Waals surface area contributed by atoms with E-state index >= 15 is 0 Å². The van der Waals surface area contributed by atoms with Crippen LogP contribution in [0.2, 0.25) is 0 Å². The summed E-state index contributed by atoms with van der Waals surface area (Å²) < 4.78 is 15.8. The summed E-state index contributed by atoms with van der Waals surface area (Å²) in [5, 5.41) is 14.3. The SMILES string of the molecule is COc1ccc([C@H]2CCCC[C@H]2NC(=O)c2ccc(OC)c([N+](=O)[O-])c2)cc1OC. The minimum Gasteiger partial charge on any atom is -0.493 e. The molecule has 8 heteroatoms. The number of ether oxygens (including phenoxy) is 3. The van der Waals surface area contributed by atoms with Gasteiger partial charge in [0, 0.05) is 23.6 Å². The predicted octanol–water partition coefficient (Wildman–Crippen LogP) is 4.08. The standard InChI is InChI=1S/C22H26N2O6/c1-28-19-10-9-15(12-18(19)24(26)27)22(25)23-17-7-5-4-6-16(17)14-8-11-20(29-2)21(13-14)30-3/h8-13,16-17H,4-7H2,1-3H3,(H,23,25)/t16-,17-/m1/s1. The topological polar surface area (TPSA) is 99.9 Å². The summed E-state index contributed by atoms with van der Waals surface area (Å²) >= 11 is 0. The lowest BCUT2D eigenvalue weighted by atomic mass is 9.79. The van der Waals surface area contributed by atoms with Crippen LogP contribution >= 0.6 is 0 Å². The van der Waals surface area contributed by atoms with Crippen molar-refractivity contribution in [2.45, 2.75) is 37.6 Å². The molecule has 3 rings (SSSR count). The third-order valence-electron chi connectivity index (χ3n) is 5.56. The van der Waals surface area contributed by atoms with Crippen molar-refractivity contribution in [2.24, 2.45) is 0 Å². The molecule has 0 aliphatic heterocycles. The summed E-state index contributed by atoms with van der Waals surface area (Å²) in [4.78, 5) is 23.6. The molecule has 0 spiro atoms. The zero-order valence-electron chi connectivity index (χ0n) is 17.3. The van der Waals surface area contributed by atoms with Crippen LogP contribution in [0.15, 0.2) is 36.4 Å². The Morgan fingerprint density at radius 1 is 0.967 bits per heavy atom. The first kappa shape index (κ1) is 21.4. The van der Waals surface area contributed by atoms with Crippen molar-refractivity contribution in [1.29, 1.82) is 0 Å². The molecule has 1 aliphatic rings. The summed E-state index contributed by atoms with van der Waals surface area (Å²) in [5.74, 6) is 1.21. The molecule has 2 aromatic rings. The number of hydrogen-bond acceptors (Lipinski definition) is 6. The van der Waals surface area contributed by atoms with E-state index in [1.165, 1.54) is 25.3 Å². The molecular formula is C22H26N2O6. The molecular weight excluding hydrogens is 388 g/mol. The van der Waals surface area contributed by atoms with E-state index in [0.29, 0.717) is 11.5 Å². The molecule has 1 N–H and O–H groups in total. The van der Waals surface area contributed by atoms with Crippen LogP contribution < -0.4 is 19.5 Å². The maximum Gasteiger partial charge on any atom is 0.311 e. The van der Waals surface area contributed by atoms with Crippen molar-refractivity contribution in [1.82, 2.24) is 5.32 Å². The zero-order valence-corrected chi connectivity index (χ0v) is 17.3. The number of rotatable bonds is 7. The fourth-order valence-electron chi connectivity index (χ4n) is 4.01. The molecule has 0 saturated heterocycles. The number of hydrogen-bond donors (Lipinski definition) is 1. The molecule has 2 atom stereocenters. The minimum atomic E-state index is -0.553. The lowest BCUT2D eigenvalue weighted by Crippen LogP contribution is -2.41. The van der Waals surface area contributed by atoms with Crippen molar-refractivity contribution in [3.63, 3.8) is 0 Å². The van der Waals surface area contributed by atoms with Gasteiger partial charge in [0.25, 0.3) is 5.91 Å². The van der Waals surface area contributed by atoms with Gasteiger partial charge in [0.2, 0.25) is 0 Å². The number of nitrogens with one attached hydrogen (secondary N) is 1. The second-order valence-corrected chi connectivity index (χ2v) is 7.23. The van der Waals surface area contributed by atoms with Gasteiger partial charge in [-0.1, -0.05) is 18.9 Å². The zero-order chi connectivity index (χ0) is 21.7. The van der Waals surface area contributed by atoms with E-state index in [1.807, 2.05) is 18.2 Å². The number of benzene rings is 2. The second kappa shape index (κ2) is 9.47. The normalized spacial score (nSPS) is 18.4. The first-order chi connectivity index (χ1) is 14.5. The maximum absolute atomic E-state index is 12.9. The van der Waals surface area contributed by atoms with E-state index < -0.39 is 4.92 Å². The quantitative estimate of drug-likeness (QED) is 0.541. The van der Waals surface area contributed by atoms with Gasteiger partial charge in [-0.15, -0.1) is 0 Å². The average molecular weight is 414 g/mol. The van der Waals surface area contributed by atoms with E-state index in [1.54, 1.807) is 14.2 Å². The first-order valence-corrected chi connectivity index (χ1v) is 9.83. The molecule has 0 radical (unpaired) electrons. The highest BCUT2D eigenvalue weighted by molar-refractivity contribution is 5.95. The summed E-state index contributed by atoms with van der Waals surface area (Å²) in [6.45, 7) is 0. The first-order valence-electron chi connectivity index (χ1n) is 9.83. The smallest absolute Gasteiger partial charge is 0.311 e. The highest BCUT2D eigenvalue weighted by atomic mass is 16.6. The van der Waals surface area contributed by atoms with Crippen molar-refractivity contribution in [3.8, 4) is 17.2 Å². The molecule has 1 fully saturated rings. The number of methoxy groups -OCH3 is 3. The number of carbonyl (C=O) groups excluding carboxylic acids is 1. The van der Waals surface area contributed by atoms with Crippen LogP contribution in [0.1, 0.15) is 47.5 Å². The molecule has 1 aliphatic carbocycles. The van der Waals surface area contributed by atoms with Crippen LogP contribution in [0.4, 0.5) is 5.69 Å². The van der Waals surface area contributed by atoms with Crippen LogP contribution in [-0.4, -0.2) is 38.2 Å². The number of nitro benzene ring substituents is 1. The highest BCUT2D eigenvalue weighted by Gasteiger charge is 2.29. The monoisotopic (exact) mass is 414 g/mol. The molecule has 0 heterocycles. The Morgan fingerprint density at radius 3 is 2.30 bits per heavy atom. The molecule has 160 valence electrons. The van der Waals surface area contributed by atoms with Crippen LogP contribution in [0.3, 0.4) is 0 Å². The molecule has 1 saturated carbocycles. The van der Waals surface area contributed by atoms with E-state index in [-0.39, 0.29) is 34.9 Å². The van der Waals surface area contributed by atoms with Gasteiger partial charge in [0.15, 0.2) is 17.2 Å². The Hall–Kier alpha value is -3.29. The lowest BCUT2D eigenvalue weighted by molar-refractivity contribution is -0.385. The summed E-state index contributed by atoms with van der Waals surface area (Å²) in [6.07, 6.45) is 3.85. The van der Waals surface area contributed by atoms with Crippen LogP contribution in [-0.2, 0) is 0 Å². The van der Waals surface area contributed by atoms with Crippen LogP contribution in [0, 0.1) is 10.1 Å². The van der Waals surface area contributed by atoms with Crippen molar-refractivity contribution >= 4 is 11.6 Å². The van der Waals surface area contributed by atoms with Crippen molar-refractivity contribution in [2.75, 3.05) is 21.3 Å². The van der Waals surface area contributed by atoms with E-state index in [9.17, 15) is 14.9 Å². The van der Waals surface area contributed by atoms with Crippen LogP contribution in [0.5, 0.6) is 17.2 Å². The molecule has 30 heavy (non-hydrogen) atoms. The Balaban J connectivity index is 1.83. The van der Waals surface area contributed by atoms with Gasteiger partial charge in [-0.2, -0.15) is 0 Å².